The molecule has 0 aliphatic carbocycles. The van der Waals surface area contributed by atoms with Gasteiger partial charge in [0, 0.05) is 24.7 Å². The highest BCUT2D eigenvalue weighted by Crippen LogP contribution is 2.36. The van der Waals surface area contributed by atoms with Gasteiger partial charge in [-0.15, -0.1) is 0 Å². The predicted octanol–water partition coefficient (Wildman–Crippen LogP) is 3.21. The van der Waals surface area contributed by atoms with E-state index in [0.29, 0.717) is 11.7 Å². The summed E-state index contributed by atoms with van der Waals surface area (Å²) >= 11 is 0. The topological polar surface area (TPSA) is 95.4 Å². The molecule has 8 nitrogen and oxygen atoms in total. The van der Waals surface area contributed by atoms with Crippen molar-refractivity contribution in [2.75, 3.05) is 20.2 Å². The monoisotopic (exact) mass is 446 g/mol. The first kappa shape index (κ1) is 24.2. The fraction of sp³-hybridized carbons (Fsp3) is 0.667. The van der Waals surface area contributed by atoms with Crippen LogP contribution in [0.25, 0.3) is 0 Å². The minimum Gasteiger partial charge on any atom is -0.497 e. The number of fused-ring (bicyclic) bond motifs is 2. The van der Waals surface area contributed by atoms with Crippen molar-refractivity contribution in [2.24, 2.45) is 4.99 Å². The number of nitrogens with one attached hydrogen (secondary N) is 2. The van der Waals surface area contributed by atoms with Crippen molar-refractivity contribution in [3.63, 3.8) is 0 Å². The summed E-state index contributed by atoms with van der Waals surface area (Å²) in [6.45, 7) is 8.70. The predicted molar refractivity (Wildman–Crippen MR) is 125 cm³/mol. The number of hydrogen-bond donors (Lipinski definition) is 3. The van der Waals surface area contributed by atoms with E-state index in [1.807, 2.05) is 56.9 Å². The zero-order valence-electron chi connectivity index (χ0n) is 19.9. The number of aliphatic hydroxyl groups is 1. The Balaban J connectivity index is 1.60. The standard InChI is InChI=1S/C24H38N4O4/c1-6-25-22(26-15-21(29)16-8-7-9-20(12-16)31-5)27-17-13-18-10-11-19(14-17)28(18)23(30)32-24(2,3)4/h7-9,12,17-19,21,29H,6,10-11,13-15H2,1-5H3,(H2,25,26,27). The normalized spacial score (nSPS) is 24.1. The highest BCUT2D eigenvalue weighted by Gasteiger charge is 2.45. The zero-order chi connectivity index (χ0) is 23.3. The summed E-state index contributed by atoms with van der Waals surface area (Å²) < 4.78 is 10.9. The summed E-state index contributed by atoms with van der Waals surface area (Å²) in [5.41, 5.74) is 0.285. The number of carbonyl (C=O) groups excluding carboxylic acids is 1. The van der Waals surface area contributed by atoms with E-state index in [2.05, 4.69) is 15.6 Å². The summed E-state index contributed by atoms with van der Waals surface area (Å²) in [7, 11) is 1.61. The van der Waals surface area contributed by atoms with Gasteiger partial charge in [-0.05, 0) is 71.1 Å². The molecule has 3 atom stereocenters. The maximum absolute atomic E-state index is 12.7. The molecule has 178 valence electrons. The van der Waals surface area contributed by atoms with Gasteiger partial charge in [0.2, 0.25) is 0 Å². The number of amides is 1. The fourth-order valence-corrected chi connectivity index (χ4v) is 4.55. The Kier molecular flexibility index (Phi) is 7.87. The van der Waals surface area contributed by atoms with Crippen LogP contribution in [-0.4, -0.2) is 66.0 Å². The van der Waals surface area contributed by atoms with Crippen molar-refractivity contribution in [2.45, 2.75) is 83.2 Å². The lowest BCUT2D eigenvalue weighted by Crippen LogP contribution is -2.55. The van der Waals surface area contributed by atoms with Crippen LogP contribution in [-0.2, 0) is 4.74 Å². The Morgan fingerprint density at radius 1 is 1.28 bits per heavy atom. The van der Waals surface area contributed by atoms with E-state index in [1.54, 1.807) is 7.11 Å². The third kappa shape index (κ3) is 6.28. The molecule has 1 aromatic rings. The molecule has 2 aliphatic rings. The van der Waals surface area contributed by atoms with Gasteiger partial charge in [0.15, 0.2) is 5.96 Å². The van der Waals surface area contributed by atoms with Gasteiger partial charge in [0.05, 0.1) is 19.8 Å². The van der Waals surface area contributed by atoms with Crippen molar-refractivity contribution in [3.8, 4) is 5.75 Å². The Morgan fingerprint density at radius 2 is 1.97 bits per heavy atom. The smallest absolute Gasteiger partial charge is 0.410 e. The van der Waals surface area contributed by atoms with E-state index in [9.17, 15) is 9.90 Å². The number of benzene rings is 1. The Hall–Kier alpha value is -2.48. The summed E-state index contributed by atoms with van der Waals surface area (Å²) in [4.78, 5) is 19.2. The van der Waals surface area contributed by atoms with Crippen LogP contribution < -0.4 is 15.4 Å². The van der Waals surface area contributed by atoms with Crippen LogP contribution in [0.15, 0.2) is 29.3 Å². The van der Waals surface area contributed by atoms with Gasteiger partial charge >= 0.3 is 6.09 Å². The fourth-order valence-electron chi connectivity index (χ4n) is 4.55. The molecular formula is C24H38N4O4. The molecule has 2 heterocycles. The molecule has 3 N–H and O–H groups in total. The van der Waals surface area contributed by atoms with Gasteiger partial charge in [-0.2, -0.15) is 0 Å². The maximum Gasteiger partial charge on any atom is 0.410 e. The van der Waals surface area contributed by atoms with Gasteiger partial charge in [0.1, 0.15) is 11.4 Å². The number of aliphatic imine (C=N–C) groups is 1. The minimum atomic E-state index is -0.717. The lowest BCUT2D eigenvalue weighted by Gasteiger charge is -2.40. The molecular weight excluding hydrogens is 408 g/mol. The third-order valence-corrected chi connectivity index (χ3v) is 5.92. The molecule has 0 radical (unpaired) electrons. The lowest BCUT2D eigenvalue weighted by atomic mass is 9.98. The number of aliphatic hydroxyl groups excluding tert-OH is 1. The first-order chi connectivity index (χ1) is 15.2. The number of methoxy groups -OCH3 is 1. The molecule has 0 spiro atoms. The molecule has 1 aromatic carbocycles. The lowest BCUT2D eigenvalue weighted by molar-refractivity contribution is 0.00544. The first-order valence-electron chi connectivity index (χ1n) is 11.6. The minimum absolute atomic E-state index is 0.186. The van der Waals surface area contributed by atoms with Gasteiger partial charge < -0.3 is 30.1 Å². The second kappa shape index (κ2) is 10.4. The van der Waals surface area contributed by atoms with E-state index in [-0.39, 0.29) is 30.8 Å². The molecule has 3 unspecified atom stereocenters. The molecule has 0 saturated carbocycles. The summed E-state index contributed by atoms with van der Waals surface area (Å²) in [6, 6.07) is 8.00. The van der Waals surface area contributed by atoms with E-state index < -0.39 is 11.7 Å². The van der Waals surface area contributed by atoms with Gasteiger partial charge in [-0.25, -0.2) is 4.79 Å². The number of rotatable bonds is 6. The average Bonchev–Trinajstić information content (AvgIpc) is 3.01. The summed E-state index contributed by atoms with van der Waals surface area (Å²) in [5.74, 6) is 1.40. The number of hydrogen-bond acceptors (Lipinski definition) is 5. The van der Waals surface area contributed by atoms with E-state index in [0.717, 1.165) is 37.8 Å². The number of nitrogens with zero attached hydrogens (tertiary/aromatic N) is 2. The average molecular weight is 447 g/mol. The van der Waals surface area contributed by atoms with Crippen molar-refractivity contribution >= 4 is 12.1 Å². The number of ether oxygens (including phenoxy) is 2. The molecule has 3 rings (SSSR count). The Morgan fingerprint density at radius 3 is 2.56 bits per heavy atom. The number of piperidine rings is 1. The van der Waals surface area contributed by atoms with E-state index in [1.165, 1.54) is 0 Å². The van der Waals surface area contributed by atoms with Crippen LogP contribution >= 0.6 is 0 Å². The second-order valence-electron chi connectivity index (χ2n) is 9.60. The molecule has 0 aromatic heterocycles. The SMILES string of the molecule is CCNC(=NCC(O)c1cccc(OC)c1)NC1CC2CCC(C1)N2C(=O)OC(C)(C)C. The van der Waals surface area contributed by atoms with E-state index in [4.69, 9.17) is 9.47 Å². The van der Waals surface area contributed by atoms with Gasteiger partial charge in [0.25, 0.3) is 0 Å². The molecule has 2 fully saturated rings. The maximum atomic E-state index is 12.7. The number of carbonyl (C=O) groups is 1. The van der Waals surface area contributed by atoms with E-state index >= 15 is 0 Å². The van der Waals surface area contributed by atoms with Crippen LogP contribution in [0.2, 0.25) is 0 Å². The van der Waals surface area contributed by atoms with Crippen LogP contribution in [0, 0.1) is 0 Å². The van der Waals surface area contributed by atoms with Crippen LogP contribution in [0.1, 0.15) is 65.0 Å². The van der Waals surface area contributed by atoms with Crippen LogP contribution in [0.4, 0.5) is 4.79 Å². The molecule has 1 amide bonds. The van der Waals surface area contributed by atoms with Gasteiger partial charge in [-0.1, -0.05) is 12.1 Å². The van der Waals surface area contributed by atoms with Crippen LogP contribution in [0.3, 0.4) is 0 Å². The quantitative estimate of drug-likeness (QED) is 0.459. The summed E-state index contributed by atoms with van der Waals surface area (Å²) in [5, 5.41) is 17.4. The second-order valence-corrected chi connectivity index (χ2v) is 9.60. The molecule has 2 aliphatic heterocycles. The van der Waals surface area contributed by atoms with Crippen LogP contribution in [0.5, 0.6) is 5.75 Å². The van der Waals surface area contributed by atoms with Crippen molar-refractivity contribution in [1.82, 2.24) is 15.5 Å². The Labute approximate surface area is 191 Å². The van der Waals surface area contributed by atoms with Crippen molar-refractivity contribution in [1.29, 1.82) is 0 Å². The third-order valence-electron chi connectivity index (χ3n) is 5.92. The van der Waals surface area contributed by atoms with Crippen molar-refractivity contribution < 1.29 is 19.4 Å². The molecule has 8 heteroatoms. The Bertz CT molecular complexity index is 793. The molecule has 2 saturated heterocycles. The highest BCUT2D eigenvalue weighted by molar-refractivity contribution is 5.80. The first-order valence-corrected chi connectivity index (χ1v) is 11.6. The largest absolute Gasteiger partial charge is 0.497 e. The number of guanidine groups is 1. The zero-order valence-corrected chi connectivity index (χ0v) is 19.9. The van der Waals surface area contributed by atoms with Gasteiger partial charge in [-0.3, -0.25) is 4.99 Å². The highest BCUT2D eigenvalue weighted by atomic mass is 16.6. The molecule has 32 heavy (non-hydrogen) atoms. The molecule has 2 bridgehead atoms. The van der Waals surface area contributed by atoms with Crippen molar-refractivity contribution in [3.05, 3.63) is 29.8 Å². The summed E-state index contributed by atoms with van der Waals surface area (Å²) in [6.07, 6.45) is 2.81.